The lowest BCUT2D eigenvalue weighted by Crippen LogP contribution is -2.52. The third-order valence-electron chi connectivity index (χ3n) is 7.57. The Kier molecular flexibility index (Phi) is 7.66. The number of carbonyl (C=O) groups is 2. The second kappa shape index (κ2) is 10.6. The highest BCUT2D eigenvalue weighted by Crippen LogP contribution is 2.31. The molecule has 7 heteroatoms. The Labute approximate surface area is 190 Å². The number of hydrogen-bond donors (Lipinski definition) is 2. The average molecular weight is 446 g/mol. The van der Waals surface area contributed by atoms with Gasteiger partial charge in [-0.1, -0.05) is 31.4 Å². The summed E-state index contributed by atoms with van der Waals surface area (Å²) in [5.74, 6) is 0.285. The van der Waals surface area contributed by atoms with Crippen molar-refractivity contribution in [2.24, 2.45) is 11.8 Å². The normalized spacial score (nSPS) is 22.6. The van der Waals surface area contributed by atoms with Crippen LogP contribution in [0.2, 0.25) is 0 Å². The minimum absolute atomic E-state index is 0.0446. The third kappa shape index (κ3) is 5.61. The van der Waals surface area contributed by atoms with Gasteiger partial charge in [0.25, 0.3) is 0 Å². The molecule has 1 saturated carbocycles. The van der Waals surface area contributed by atoms with E-state index in [9.17, 15) is 19.1 Å². The molecular formula is C25H36FN3O3. The Bertz CT molecular complexity index is 765. The lowest BCUT2D eigenvalue weighted by atomic mass is 9.87. The molecule has 3 aliphatic rings. The molecule has 1 aliphatic carbocycles. The van der Waals surface area contributed by atoms with Crippen LogP contribution in [-0.4, -0.2) is 59.1 Å². The Morgan fingerprint density at radius 1 is 0.875 bits per heavy atom. The number of piperidine rings is 2. The summed E-state index contributed by atoms with van der Waals surface area (Å²) in [7, 11) is 0. The van der Waals surface area contributed by atoms with Crippen LogP contribution < -0.4 is 5.32 Å². The van der Waals surface area contributed by atoms with Gasteiger partial charge in [0.05, 0.1) is 6.10 Å². The monoisotopic (exact) mass is 445 g/mol. The first-order chi connectivity index (χ1) is 15.5. The van der Waals surface area contributed by atoms with Crippen molar-refractivity contribution in [3.8, 4) is 0 Å². The molecule has 0 spiro atoms. The fraction of sp³-hybridized carbons (Fsp3) is 0.680. The summed E-state index contributed by atoms with van der Waals surface area (Å²) in [5.41, 5.74) is 0.726. The Morgan fingerprint density at radius 3 is 2.09 bits per heavy atom. The summed E-state index contributed by atoms with van der Waals surface area (Å²) in [6, 6.07) is 6.07. The number of aliphatic hydroxyl groups excluding tert-OH is 1. The number of carbonyl (C=O) groups excluding carboxylic acids is 2. The zero-order valence-corrected chi connectivity index (χ0v) is 18.8. The SMILES string of the molecule is O=C(NC1CCN(C(=O)C2CCCCC2)CC1)N1CCC(C(O)c2ccc(F)cc2)CC1. The number of rotatable bonds is 4. The van der Waals surface area contributed by atoms with Crippen LogP contribution in [0.25, 0.3) is 0 Å². The first-order valence-corrected chi connectivity index (χ1v) is 12.3. The van der Waals surface area contributed by atoms with E-state index in [0.29, 0.717) is 19.0 Å². The van der Waals surface area contributed by atoms with Gasteiger partial charge in [0.15, 0.2) is 0 Å². The first-order valence-electron chi connectivity index (χ1n) is 12.3. The Hall–Kier alpha value is -2.15. The van der Waals surface area contributed by atoms with Crippen LogP contribution in [0.15, 0.2) is 24.3 Å². The quantitative estimate of drug-likeness (QED) is 0.739. The van der Waals surface area contributed by atoms with Crippen molar-refractivity contribution in [1.29, 1.82) is 0 Å². The van der Waals surface area contributed by atoms with Gasteiger partial charge in [-0.3, -0.25) is 4.79 Å². The Morgan fingerprint density at radius 2 is 1.47 bits per heavy atom. The largest absolute Gasteiger partial charge is 0.388 e. The minimum Gasteiger partial charge on any atom is -0.388 e. The van der Waals surface area contributed by atoms with E-state index in [2.05, 4.69) is 5.32 Å². The van der Waals surface area contributed by atoms with Crippen LogP contribution in [0, 0.1) is 17.7 Å². The van der Waals surface area contributed by atoms with Gasteiger partial charge in [0, 0.05) is 38.1 Å². The van der Waals surface area contributed by atoms with Gasteiger partial charge in [-0.2, -0.15) is 0 Å². The number of urea groups is 1. The van der Waals surface area contributed by atoms with Gasteiger partial charge in [0.2, 0.25) is 5.91 Å². The standard InChI is InChI=1S/C25H36FN3O3/c26-21-8-6-18(7-9-21)23(30)19-10-14-29(15-11-19)25(32)27-22-12-16-28(17-13-22)24(31)20-4-2-1-3-5-20/h6-9,19-20,22-23,30H,1-5,10-17H2,(H,27,32). The minimum atomic E-state index is -0.633. The van der Waals surface area contributed by atoms with Crippen molar-refractivity contribution < 1.29 is 19.1 Å². The van der Waals surface area contributed by atoms with Gasteiger partial charge in [-0.25, -0.2) is 9.18 Å². The molecule has 32 heavy (non-hydrogen) atoms. The summed E-state index contributed by atoms with van der Waals surface area (Å²) >= 11 is 0. The van der Waals surface area contributed by atoms with E-state index in [0.717, 1.165) is 57.2 Å². The lowest BCUT2D eigenvalue weighted by molar-refractivity contribution is -0.137. The third-order valence-corrected chi connectivity index (χ3v) is 7.57. The van der Waals surface area contributed by atoms with Crippen molar-refractivity contribution in [2.45, 2.75) is 69.9 Å². The number of nitrogens with one attached hydrogen (secondary N) is 1. The number of aliphatic hydroxyl groups is 1. The zero-order valence-electron chi connectivity index (χ0n) is 18.8. The van der Waals surface area contributed by atoms with E-state index in [1.54, 1.807) is 12.1 Å². The maximum Gasteiger partial charge on any atom is 0.317 e. The van der Waals surface area contributed by atoms with E-state index >= 15 is 0 Å². The van der Waals surface area contributed by atoms with Gasteiger partial charge in [-0.15, -0.1) is 0 Å². The zero-order chi connectivity index (χ0) is 22.5. The highest BCUT2D eigenvalue weighted by Gasteiger charge is 2.32. The molecule has 2 N–H and O–H groups in total. The molecular weight excluding hydrogens is 409 g/mol. The molecule has 4 rings (SSSR count). The van der Waals surface area contributed by atoms with Crippen molar-refractivity contribution >= 4 is 11.9 Å². The van der Waals surface area contributed by atoms with E-state index in [-0.39, 0.29) is 29.7 Å². The molecule has 1 unspecified atom stereocenters. The van der Waals surface area contributed by atoms with Crippen molar-refractivity contribution in [2.75, 3.05) is 26.2 Å². The predicted molar refractivity (Wildman–Crippen MR) is 120 cm³/mol. The number of nitrogens with zero attached hydrogens (tertiary/aromatic N) is 2. The highest BCUT2D eigenvalue weighted by atomic mass is 19.1. The highest BCUT2D eigenvalue weighted by molar-refractivity contribution is 5.79. The molecule has 0 aromatic heterocycles. The number of halogens is 1. The summed E-state index contributed by atoms with van der Waals surface area (Å²) in [4.78, 5) is 29.3. The summed E-state index contributed by atoms with van der Waals surface area (Å²) in [5, 5.41) is 13.8. The summed E-state index contributed by atoms with van der Waals surface area (Å²) in [6.07, 6.45) is 8.07. The number of hydrogen-bond acceptors (Lipinski definition) is 3. The lowest BCUT2D eigenvalue weighted by Gasteiger charge is -2.38. The molecule has 176 valence electrons. The molecule has 0 radical (unpaired) electrons. The van der Waals surface area contributed by atoms with Gasteiger partial charge in [-0.05, 0) is 62.1 Å². The molecule has 1 aromatic carbocycles. The molecule has 2 saturated heterocycles. The fourth-order valence-corrected chi connectivity index (χ4v) is 5.47. The predicted octanol–water partition coefficient (Wildman–Crippen LogP) is 3.85. The number of likely N-dealkylation sites (tertiary alicyclic amines) is 2. The number of amides is 3. The van der Waals surface area contributed by atoms with E-state index in [4.69, 9.17) is 0 Å². The molecule has 6 nitrogen and oxygen atoms in total. The second-order valence-corrected chi connectivity index (χ2v) is 9.70. The molecule has 2 heterocycles. The van der Waals surface area contributed by atoms with E-state index in [1.807, 2.05) is 9.80 Å². The molecule has 2 aliphatic heterocycles. The Balaban J connectivity index is 1.18. The summed E-state index contributed by atoms with van der Waals surface area (Å²) in [6.45, 7) is 2.67. The fourth-order valence-electron chi connectivity index (χ4n) is 5.47. The van der Waals surface area contributed by atoms with E-state index in [1.165, 1.54) is 31.4 Å². The van der Waals surface area contributed by atoms with E-state index < -0.39 is 6.10 Å². The van der Waals surface area contributed by atoms with Gasteiger partial charge in [0.1, 0.15) is 5.82 Å². The van der Waals surface area contributed by atoms with Crippen LogP contribution in [0.1, 0.15) is 69.5 Å². The van der Waals surface area contributed by atoms with Crippen LogP contribution in [0.4, 0.5) is 9.18 Å². The first kappa shape index (κ1) is 23.0. The topological polar surface area (TPSA) is 72.9 Å². The van der Waals surface area contributed by atoms with Gasteiger partial charge >= 0.3 is 6.03 Å². The molecule has 0 bridgehead atoms. The second-order valence-electron chi connectivity index (χ2n) is 9.70. The smallest absolute Gasteiger partial charge is 0.317 e. The van der Waals surface area contributed by atoms with Crippen LogP contribution >= 0.6 is 0 Å². The van der Waals surface area contributed by atoms with Crippen molar-refractivity contribution in [3.05, 3.63) is 35.6 Å². The van der Waals surface area contributed by atoms with Crippen molar-refractivity contribution in [3.63, 3.8) is 0 Å². The van der Waals surface area contributed by atoms with Crippen molar-refractivity contribution in [1.82, 2.24) is 15.1 Å². The van der Waals surface area contributed by atoms with Crippen LogP contribution in [0.3, 0.4) is 0 Å². The average Bonchev–Trinajstić information content (AvgIpc) is 2.85. The van der Waals surface area contributed by atoms with Crippen LogP contribution in [0.5, 0.6) is 0 Å². The molecule has 3 amide bonds. The summed E-state index contributed by atoms with van der Waals surface area (Å²) < 4.78 is 13.1. The maximum atomic E-state index is 13.1. The van der Waals surface area contributed by atoms with Crippen LogP contribution in [-0.2, 0) is 4.79 Å². The number of benzene rings is 1. The molecule has 3 fully saturated rings. The maximum absolute atomic E-state index is 13.1. The van der Waals surface area contributed by atoms with Gasteiger partial charge < -0.3 is 20.2 Å². The molecule has 1 aromatic rings. The molecule has 1 atom stereocenters.